The molecule has 3 N–H and O–H groups in total. The summed E-state index contributed by atoms with van der Waals surface area (Å²) in [5.41, 5.74) is 5.70. The number of nitrogen functional groups attached to an aromatic ring is 1. The number of halogens is 4. The molecule has 1 fully saturated rings. The molecule has 13 heteroatoms. The van der Waals surface area contributed by atoms with Crippen molar-refractivity contribution in [1.82, 2.24) is 29.4 Å². The number of carbonyl (C=O) groups is 1. The molecule has 198 valence electrons. The van der Waals surface area contributed by atoms with Crippen molar-refractivity contribution >= 4 is 17.4 Å². The molecule has 1 aliphatic rings. The zero-order valence-corrected chi connectivity index (χ0v) is 20.0. The second-order valence-electron chi connectivity index (χ2n) is 8.84. The highest BCUT2D eigenvalue weighted by Crippen LogP contribution is 2.35. The van der Waals surface area contributed by atoms with E-state index in [-0.39, 0.29) is 23.4 Å². The lowest BCUT2D eigenvalue weighted by atomic mass is 10.1. The first-order valence-corrected chi connectivity index (χ1v) is 11.8. The van der Waals surface area contributed by atoms with Crippen LogP contribution >= 0.6 is 0 Å². The van der Waals surface area contributed by atoms with Gasteiger partial charge in [-0.1, -0.05) is 6.07 Å². The fraction of sp³-hybridized carbons (Fsp3) is 0.280. The van der Waals surface area contributed by atoms with Gasteiger partial charge in [0.15, 0.2) is 5.65 Å². The van der Waals surface area contributed by atoms with Gasteiger partial charge < -0.3 is 15.7 Å². The lowest BCUT2D eigenvalue weighted by Crippen LogP contribution is -2.49. The van der Waals surface area contributed by atoms with Crippen LogP contribution in [0, 0.1) is 5.82 Å². The molecule has 0 aliphatic carbocycles. The molecule has 1 saturated heterocycles. The molecule has 4 heterocycles. The number of aromatic nitrogens is 4. The zero-order chi connectivity index (χ0) is 27.0. The van der Waals surface area contributed by atoms with Gasteiger partial charge in [-0.3, -0.25) is 9.69 Å². The van der Waals surface area contributed by atoms with Gasteiger partial charge in [-0.25, -0.2) is 18.9 Å². The molecular weight excluding hydrogens is 506 g/mol. The van der Waals surface area contributed by atoms with E-state index < -0.39 is 29.3 Å². The van der Waals surface area contributed by atoms with Crippen molar-refractivity contribution in [1.29, 1.82) is 0 Å². The fourth-order valence-electron chi connectivity index (χ4n) is 4.40. The molecule has 0 bridgehead atoms. The molecule has 5 rings (SSSR count). The maximum atomic E-state index is 15.1. The number of aliphatic hydroxyl groups is 1. The number of aliphatic hydroxyl groups excluding tert-OH is 1. The predicted molar refractivity (Wildman–Crippen MR) is 130 cm³/mol. The molecular formula is C25H23F4N7O2. The number of rotatable bonds is 5. The quantitative estimate of drug-likeness (QED) is 0.382. The number of benzene rings is 1. The van der Waals surface area contributed by atoms with Crippen LogP contribution in [0.15, 0.2) is 48.8 Å². The number of β-amino-alcohol motifs (C(OH)–C–C–N with tert-alkyl or cyclic N) is 1. The average molecular weight is 529 g/mol. The Bertz CT molecular complexity index is 1500. The molecule has 0 radical (unpaired) electrons. The number of fused-ring (bicyclic) bond motifs is 1. The molecule has 9 nitrogen and oxygen atoms in total. The number of hydrogen-bond acceptors (Lipinski definition) is 7. The summed E-state index contributed by atoms with van der Waals surface area (Å²) in [4.78, 5) is 24.4. The molecule has 0 spiro atoms. The summed E-state index contributed by atoms with van der Waals surface area (Å²) in [7, 11) is 0. The minimum Gasteiger partial charge on any atom is -0.395 e. The Morgan fingerprint density at radius 1 is 1.00 bits per heavy atom. The van der Waals surface area contributed by atoms with E-state index in [0.717, 1.165) is 6.07 Å². The SMILES string of the molecule is Nc1ncc(-c2ccc3ncc(-c4ccc(C(=O)N5CCN(CCO)CC5)c(F)c4)n3n2)cc1C(F)(F)F. The van der Waals surface area contributed by atoms with Crippen molar-refractivity contribution in [3.05, 3.63) is 65.7 Å². The lowest BCUT2D eigenvalue weighted by Gasteiger charge is -2.34. The molecule has 1 amide bonds. The largest absolute Gasteiger partial charge is 0.419 e. The summed E-state index contributed by atoms with van der Waals surface area (Å²) in [5, 5.41) is 13.5. The van der Waals surface area contributed by atoms with E-state index in [0.29, 0.717) is 49.6 Å². The Balaban J connectivity index is 1.43. The third-order valence-electron chi connectivity index (χ3n) is 6.45. The molecule has 4 aromatic rings. The van der Waals surface area contributed by atoms with E-state index in [1.165, 1.54) is 35.1 Å². The van der Waals surface area contributed by atoms with Crippen molar-refractivity contribution in [2.24, 2.45) is 0 Å². The number of hydrogen-bond donors (Lipinski definition) is 2. The van der Waals surface area contributed by atoms with Crippen molar-refractivity contribution in [2.45, 2.75) is 6.18 Å². The number of imidazole rings is 1. The van der Waals surface area contributed by atoms with Gasteiger partial charge in [0.25, 0.3) is 5.91 Å². The highest BCUT2D eigenvalue weighted by atomic mass is 19.4. The van der Waals surface area contributed by atoms with Gasteiger partial charge in [-0.2, -0.15) is 18.3 Å². The van der Waals surface area contributed by atoms with Gasteiger partial charge in [0.2, 0.25) is 0 Å². The Morgan fingerprint density at radius 2 is 1.76 bits per heavy atom. The molecule has 0 atom stereocenters. The number of alkyl halides is 3. The highest BCUT2D eigenvalue weighted by molar-refractivity contribution is 5.95. The fourth-order valence-corrected chi connectivity index (χ4v) is 4.40. The first kappa shape index (κ1) is 25.5. The number of carbonyl (C=O) groups excluding carboxylic acids is 1. The molecule has 38 heavy (non-hydrogen) atoms. The second-order valence-corrected chi connectivity index (χ2v) is 8.84. The predicted octanol–water partition coefficient (Wildman–Crippen LogP) is 2.95. The number of amides is 1. The van der Waals surface area contributed by atoms with Gasteiger partial charge in [0.1, 0.15) is 11.6 Å². The zero-order valence-electron chi connectivity index (χ0n) is 20.0. The number of anilines is 1. The van der Waals surface area contributed by atoms with Crippen LogP contribution in [0.1, 0.15) is 15.9 Å². The van der Waals surface area contributed by atoms with Crippen molar-refractivity contribution in [3.8, 4) is 22.5 Å². The first-order chi connectivity index (χ1) is 18.2. The van der Waals surface area contributed by atoms with Gasteiger partial charge in [0.05, 0.1) is 35.3 Å². The van der Waals surface area contributed by atoms with Crippen LogP contribution in [0.2, 0.25) is 0 Å². The smallest absolute Gasteiger partial charge is 0.395 e. The van der Waals surface area contributed by atoms with E-state index in [2.05, 4.69) is 15.1 Å². The summed E-state index contributed by atoms with van der Waals surface area (Å²) < 4.78 is 56.4. The minimum atomic E-state index is -4.68. The Morgan fingerprint density at radius 3 is 2.45 bits per heavy atom. The Hall–Kier alpha value is -4.10. The van der Waals surface area contributed by atoms with Gasteiger partial charge in [-0.05, 0) is 30.3 Å². The first-order valence-electron chi connectivity index (χ1n) is 11.8. The molecule has 1 aromatic carbocycles. The van der Waals surface area contributed by atoms with Gasteiger partial charge in [0, 0.05) is 50.0 Å². The maximum Gasteiger partial charge on any atom is 0.419 e. The third kappa shape index (κ3) is 4.89. The van der Waals surface area contributed by atoms with Crippen molar-refractivity contribution in [3.63, 3.8) is 0 Å². The van der Waals surface area contributed by atoms with E-state index in [9.17, 15) is 18.0 Å². The highest BCUT2D eigenvalue weighted by Gasteiger charge is 2.34. The minimum absolute atomic E-state index is 0.0368. The standard InChI is InChI=1S/C25H23F4N7O2/c26-19-12-15(1-2-17(19)24(38)35-7-5-34(6-8-35)9-10-37)21-14-31-22-4-3-20(33-36(21)22)16-11-18(25(27,28)29)23(30)32-13-16/h1-4,11-14,37H,5-10H2,(H2,30,32). The average Bonchev–Trinajstić information content (AvgIpc) is 3.32. The lowest BCUT2D eigenvalue weighted by molar-refractivity contribution is -0.137. The third-order valence-corrected chi connectivity index (χ3v) is 6.45. The van der Waals surface area contributed by atoms with Crippen LogP contribution in [0.3, 0.4) is 0 Å². The number of nitrogens with two attached hydrogens (primary N) is 1. The van der Waals surface area contributed by atoms with Crippen LogP contribution in [-0.2, 0) is 6.18 Å². The second kappa shape index (κ2) is 9.99. The summed E-state index contributed by atoms with van der Waals surface area (Å²) in [6, 6.07) is 8.12. The van der Waals surface area contributed by atoms with E-state index in [1.807, 2.05) is 4.90 Å². The van der Waals surface area contributed by atoms with E-state index in [1.54, 1.807) is 17.0 Å². The van der Waals surface area contributed by atoms with E-state index >= 15 is 4.39 Å². The summed E-state index contributed by atoms with van der Waals surface area (Å²) in [6.07, 6.45) is -2.02. The summed E-state index contributed by atoms with van der Waals surface area (Å²) >= 11 is 0. The van der Waals surface area contributed by atoms with Crippen molar-refractivity contribution < 1.29 is 27.5 Å². The Labute approximate surface area is 214 Å². The monoisotopic (exact) mass is 529 g/mol. The molecule has 1 aliphatic heterocycles. The van der Waals surface area contributed by atoms with Crippen LogP contribution in [-0.4, -0.2) is 79.7 Å². The molecule has 3 aromatic heterocycles. The number of nitrogens with zero attached hydrogens (tertiary/aromatic N) is 6. The maximum absolute atomic E-state index is 15.1. The van der Waals surface area contributed by atoms with Crippen LogP contribution in [0.5, 0.6) is 0 Å². The summed E-state index contributed by atoms with van der Waals surface area (Å²) in [6.45, 7) is 2.60. The van der Waals surface area contributed by atoms with Gasteiger partial charge in [-0.15, -0.1) is 0 Å². The summed E-state index contributed by atoms with van der Waals surface area (Å²) in [5.74, 6) is -1.77. The molecule has 0 saturated carbocycles. The number of piperazine rings is 1. The topological polar surface area (TPSA) is 113 Å². The van der Waals surface area contributed by atoms with Gasteiger partial charge >= 0.3 is 6.18 Å². The Kier molecular flexibility index (Phi) is 6.71. The number of pyridine rings is 1. The van der Waals surface area contributed by atoms with Crippen LogP contribution in [0.4, 0.5) is 23.4 Å². The van der Waals surface area contributed by atoms with Crippen molar-refractivity contribution in [2.75, 3.05) is 45.1 Å². The normalized spacial score (nSPS) is 14.8. The van der Waals surface area contributed by atoms with Crippen LogP contribution < -0.4 is 5.73 Å². The van der Waals surface area contributed by atoms with E-state index in [4.69, 9.17) is 10.8 Å². The molecule has 0 unspecified atom stereocenters. The van der Waals surface area contributed by atoms with Crippen LogP contribution in [0.25, 0.3) is 28.2 Å².